The Morgan fingerprint density at radius 3 is 2.60 bits per heavy atom. The quantitative estimate of drug-likeness (QED) is 0.811. The number of benzene rings is 2. The van der Waals surface area contributed by atoms with Gasteiger partial charge in [-0.1, -0.05) is 48.0 Å². The van der Waals surface area contributed by atoms with Crippen LogP contribution in [-0.4, -0.2) is 42.3 Å². The van der Waals surface area contributed by atoms with Crippen molar-refractivity contribution in [3.63, 3.8) is 0 Å². The van der Waals surface area contributed by atoms with Crippen molar-refractivity contribution in [3.05, 3.63) is 65.2 Å². The number of aryl methyl sites for hydroxylation is 2. The Morgan fingerprint density at radius 1 is 1.20 bits per heavy atom. The Morgan fingerprint density at radius 2 is 1.92 bits per heavy atom. The van der Waals surface area contributed by atoms with Gasteiger partial charge in [0.05, 0.1) is 25.9 Å². The normalized spacial score (nSPS) is 11.8. The molecule has 0 bridgehead atoms. The monoisotopic (exact) mass is 342 g/mol. The number of aliphatic hydroxyl groups excluding tert-OH is 1. The summed E-state index contributed by atoms with van der Waals surface area (Å²) in [7, 11) is 1.65. The molecule has 0 aliphatic heterocycles. The molecule has 1 atom stereocenters. The average molecular weight is 342 g/mol. The molecule has 0 aliphatic carbocycles. The van der Waals surface area contributed by atoms with E-state index in [9.17, 15) is 9.90 Å². The molecule has 5 nitrogen and oxygen atoms in total. The molecule has 0 aromatic heterocycles. The zero-order chi connectivity index (χ0) is 18.2. The van der Waals surface area contributed by atoms with Crippen molar-refractivity contribution in [1.29, 1.82) is 0 Å². The summed E-state index contributed by atoms with van der Waals surface area (Å²) in [6, 6.07) is 15.4. The number of ether oxygens (including phenoxy) is 1. The van der Waals surface area contributed by atoms with Crippen molar-refractivity contribution in [2.24, 2.45) is 0 Å². The van der Waals surface area contributed by atoms with E-state index < -0.39 is 6.10 Å². The molecule has 0 saturated carbocycles. The first-order chi connectivity index (χ1) is 12.0. The second kappa shape index (κ2) is 9.20. The summed E-state index contributed by atoms with van der Waals surface area (Å²) in [5.41, 5.74) is 3.98. The summed E-state index contributed by atoms with van der Waals surface area (Å²) >= 11 is 0. The third-order valence-corrected chi connectivity index (χ3v) is 3.88. The molecule has 1 unspecified atom stereocenters. The van der Waals surface area contributed by atoms with Crippen molar-refractivity contribution in [1.82, 2.24) is 4.90 Å². The Balaban J connectivity index is 1.75. The summed E-state index contributed by atoms with van der Waals surface area (Å²) in [4.78, 5) is 13.7. The van der Waals surface area contributed by atoms with Crippen LogP contribution in [0.25, 0.3) is 0 Å². The third-order valence-electron chi connectivity index (χ3n) is 3.88. The molecule has 0 radical (unpaired) electrons. The largest absolute Gasteiger partial charge is 0.389 e. The predicted molar refractivity (Wildman–Crippen MR) is 99.7 cm³/mol. The molecule has 2 amide bonds. The summed E-state index contributed by atoms with van der Waals surface area (Å²) in [6.45, 7) is 4.78. The number of hydrogen-bond donors (Lipinski definition) is 2. The number of nitrogens with one attached hydrogen (secondary N) is 1. The highest BCUT2D eigenvalue weighted by molar-refractivity contribution is 5.90. The van der Waals surface area contributed by atoms with Gasteiger partial charge in [0, 0.05) is 12.7 Å². The van der Waals surface area contributed by atoms with Gasteiger partial charge in [0.1, 0.15) is 0 Å². The second-order valence-electron chi connectivity index (χ2n) is 6.28. The molecule has 2 aromatic carbocycles. The maximum absolute atomic E-state index is 12.2. The van der Waals surface area contributed by atoms with Gasteiger partial charge >= 0.3 is 6.03 Å². The van der Waals surface area contributed by atoms with E-state index in [1.807, 2.05) is 62.4 Å². The second-order valence-corrected chi connectivity index (χ2v) is 6.28. The maximum Gasteiger partial charge on any atom is 0.321 e. The summed E-state index contributed by atoms with van der Waals surface area (Å²) < 4.78 is 5.50. The lowest BCUT2D eigenvalue weighted by atomic mass is 10.1. The van der Waals surface area contributed by atoms with Crippen LogP contribution >= 0.6 is 0 Å². The van der Waals surface area contributed by atoms with Crippen LogP contribution in [0.15, 0.2) is 48.5 Å². The van der Waals surface area contributed by atoms with Gasteiger partial charge in [-0.3, -0.25) is 0 Å². The van der Waals surface area contributed by atoms with Crippen LogP contribution in [0.1, 0.15) is 16.7 Å². The number of amides is 2. The van der Waals surface area contributed by atoms with Gasteiger partial charge in [0.25, 0.3) is 0 Å². The van der Waals surface area contributed by atoms with Crippen LogP contribution in [0.3, 0.4) is 0 Å². The molecule has 0 aliphatic rings. The minimum atomic E-state index is -0.737. The fraction of sp³-hybridized carbons (Fsp3) is 0.350. The fourth-order valence-corrected chi connectivity index (χ4v) is 2.50. The molecule has 0 saturated heterocycles. The molecule has 0 spiro atoms. The van der Waals surface area contributed by atoms with E-state index in [2.05, 4.69) is 5.32 Å². The zero-order valence-corrected chi connectivity index (χ0v) is 15.0. The molecule has 0 heterocycles. The molecule has 2 N–H and O–H groups in total. The van der Waals surface area contributed by atoms with Gasteiger partial charge < -0.3 is 20.1 Å². The minimum Gasteiger partial charge on any atom is -0.389 e. The van der Waals surface area contributed by atoms with Crippen molar-refractivity contribution in [2.75, 3.05) is 25.5 Å². The number of rotatable bonds is 7. The van der Waals surface area contributed by atoms with Crippen molar-refractivity contribution in [2.45, 2.75) is 26.6 Å². The first-order valence-electron chi connectivity index (χ1n) is 8.35. The van der Waals surface area contributed by atoms with Gasteiger partial charge in [-0.25, -0.2) is 4.79 Å². The van der Waals surface area contributed by atoms with E-state index in [1.165, 1.54) is 4.90 Å². The summed E-state index contributed by atoms with van der Waals surface area (Å²) in [5, 5.41) is 12.9. The van der Waals surface area contributed by atoms with E-state index in [4.69, 9.17) is 4.74 Å². The van der Waals surface area contributed by atoms with Crippen LogP contribution in [0, 0.1) is 13.8 Å². The van der Waals surface area contributed by atoms with Gasteiger partial charge in [-0.2, -0.15) is 0 Å². The molecule has 2 rings (SSSR count). The first kappa shape index (κ1) is 19.0. The smallest absolute Gasteiger partial charge is 0.321 e. The van der Waals surface area contributed by atoms with Crippen LogP contribution in [0.2, 0.25) is 0 Å². The Bertz CT molecular complexity index is 689. The van der Waals surface area contributed by atoms with E-state index in [0.717, 1.165) is 22.4 Å². The molecule has 0 fully saturated rings. The minimum absolute atomic E-state index is 0.177. The predicted octanol–water partition coefficient (Wildman–Crippen LogP) is 3.34. The number of anilines is 1. The SMILES string of the molecule is Cc1ccc(NC(=O)N(C)CC(O)COCc2ccccc2)c(C)c1. The van der Waals surface area contributed by atoms with Gasteiger partial charge in [0.2, 0.25) is 0 Å². The molecule has 5 heteroatoms. The maximum atomic E-state index is 12.2. The van der Waals surface area contributed by atoms with E-state index in [0.29, 0.717) is 6.61 Å². The van der Waals surface area contributed by atoms with Crippen molar-refractivity contribution < 1.29 is 14.6 Å². The topological polar surface area (TPSA) is 61.8 Å². The average Bonchev–Trinajstić information content (AvgIpc) is 2.58. The Hall–Kier alpha value is -2.37. The van der Waals surface area contributed by atoms with E-state index in [1.54, 1.807) is 7.05 Å². The summed E-state index contributed by atoms with van der Waals surface area (Å²) in [6.07, 6.45) is -0.737. The third kappa shape index (κ3) is 6.21. The fourth-order valence-electron chi connectivity index (χ4n) is 2.50. The first-order valence-corrected chi connectivity index (χ1v) is 8.35. The number of carbonyl (C=O) groups is 1. The lowest BCUT2D eigenvalue weighted by molar-refractivity contribution is 0.0188. The zero-order valence-electron chi connectivity index (χ0n) is 15.0. The molecular weight excluding hydrogens is 316 g/mol. The highest BCUT2D eigenvalue weighted by Gasteiger charge is 2.14. The van der Waals surface area contributed by atoms with Crippen molar-refractivity contribution >= 4 is 11.7 Å². The standard InChI is InChI=1S/C20H26N2O3/c1-15-9-10-19(16(2)11-15)21-20(24)22(3)12-18(23)14-25-13-17-7-5-4-6-8-17/h4-11,18,23H,12-14H2,1-3H3,(H,21,24). The van der Waals surface area contributed by atoms with E-state index >= 15 is 0 Å². The van der Waals surface area contributed by atoms with Gasteiger partial charge in [-0.05, 0) is 31.0 Å². The van der Waals surface area contributed by atoms with Crippen LogP contribution in [0.5, 0.6) is 0 Å². The van der Waals surface area contributed by atoms with Crippen LogP contribution in [-0.2, 0) is 11.3 Å². The highest BCUT2D eigenvalue weighted by atomic mass is 16.5. The Labute approximate surface area is 149 Å². The number of carbonyl (C=O) groups excluding carboxylic acids is 1. The lowest BCUT2D eigenvalue weighted by Gasteiger charge is -2.22. The number of urea groups is 1. The van der Waals surface area contributed by atoms with Crippen molar-refractivity contribution in [3.8, 4) is 0 Å². The molecule has 2 aromatic rings. The number of nitrogens with zero attached hydrogens (tertiary/aromatic N) is 1. The number of hydrogen-bond acceptors (Lipinski definition) is 3. The van der Waals surface area contributed by atoms with Crippen LogP contribution in [0.4, 0.5) is 10.5 Å². The number of aliphatic hydroxyl groups is 1. The van der Waals surface area contributed by atoms with Gasteiger partial charge in [-0.15, -0.1) is 0 Å². The summed E-state index contributed by atoms with van der Waals surface area (Å²) in [5.74, 6) is 0. The molecule has 134 valence electrons. The Kier molecular flexibility index (Phi) is 6.98. The highest BCUT2D eigenvalue weighted by Crippen LogP contribution is 2.16. The van der Waals surface area contributed by atoms with Crippen LogP contribution < -0.4 is 5.32 Å². The number of likely N-dealkylation sites (N-methyl/N-ethyl adjacent to an activating group) is 1. The molecule has 25 heavy (non-hydrogen) atoms. The van der Waals surface area contributed by atoms with Gasteiger partial charge in [0.15, 0.2) is 0 Å². The molecular formula is C20H26N2O3. The van der Waals surface area contributed by atoms with E-state index in [-0.39, 0.29) is 19.2 Å². The lowest BCUT2D eigenvalue weighted by Crippen LogP contribution is -2.39.